The topological polar surface area (TPSA) is 73.2 Å². The lowest BCUT2D eigenvalue weighted by Gasteiger charge is -2.23. The second-order valence-electron chi connectivity index (χ2n) is 5.43. The van der Waals surface area contributed by atoms with Crippen LogP contribution >= 0.6 is 0 Å². The minimum absolute atomic E-state index is 0.272. The first kappa shape index (κ1) is 13.6. The van der Waals surface area contributed by atoms with Crippen molar-refractivity contribution < 1.29 is 8.42 Å². The molecule has 5 nitrogen and oxygen atoms in total. The van der Waals surface area contributed by atoms with Gasteiger partial charge in [-0.15, -0.1) is 0 Å². The molecule has 20 heavy (non-hydrogen) atoms. The van der Waals surface area contributed by atoms with Crippen molar-refractivity contribution in [3.05, 3.63) is 29.8 Å². The van der Waals surface area contributed by atoms with Crippen LogP contribution in [-0.2, 0) is 10.0 Å². The Hall–Kier alpha value is -1.42. The maximum absolute atomic E-state index is 12.6. The van der Waals surface area contributed by atoms with Crippen LogP contribution in [0.1, 0.15) is 24.8 Å². The Kier molecular flexibility index (Phi) is 3.50. The second-order valence-corrected chi connectivity index (χ2v) is 7.36. The first-order valence-electron chi connectivity index (χ1n) is 6.86. The van der Waals surface area contributed by atoms with Crippen LogP contribution in [-0.4, -0.2) is 37.9 Å². The molecule has 0 spiro atoms. The predicted molar refractivity (Wildman–Crippen MR) is 74.5 cm³/mol. The molecule has 2 bridgehead atoms. The highest BCUT2D eigenvalue weighted by Gasteiger charge is 2.34. The SMILES string of the molecule is N#Cc1ccc(S(=O)(=O)N2CCC3CCC(C2)N3)cc1. The monoisotopic (exact) mass is 291 g/mol. The number of benzene rings is 1. The van der Waals surface area contributed by atoms with Gasteiger partial charge in [-0.25, -0.2) is 8.42 Å². The van der Waals surface area contributed by atoms with E-state index in [1.54, 1.807) is 16.4 Å². The summed E-state index contributed by atoms with van der Waals surface area (Å²) in [6.07, 6.45) is 3.06. The molecule has 0 aromatic heterocycles. The zero-order valence-electron chi connectivity index (χ0n) is 11.1. The molecule has 6 heteroatoms. The molecule has 106 valence electrons. The Morgan fingerprint density at radius 1 is 1.15 bits per heavy atom. The zero-order valence-corrected chi connectivity index (χ0v) is 11.9. The van der Waals surface area contributed by atoms with Gasteiger partial charge in [0.25, 0.3) is 0 Å². The van der Waals surface area contributed by atoms with Crippen molar-refractivity contribution in [2.45, 2.75) is 36.2 Å². The van der Waals surface area contributed by atoms with Gasteiger partial charge in [-0.3, -0.25) is 0 Å². The molecule has 1 N–H and O–H groups in total. The molecular weight excluding hydrogens is 274 g/mol. The lowest BCUT2D eigenvalue weighted by molar-refractivity contribution is 0.383. The van der Waals surface area contributed by atoms with E-state index in [0.29, 0.717) is 24.7 Å². The third-order valence-electron chi connectivity index (χ3n) is 4.11. The van der Waals surface area contributed by atoms with E-state index in [1.807, 2.05) is 6.07 Å². The third kappa shape index (κ3) is 2.44. The molecule has 2 fully saturated rings. The summed E-state index contributed by atoms with van der Waals surface area (Å²) >= 11 is 0. The van der Waals surface area contributed by atoms with Crippen molar-refractivity contribution in [1.82, 2.24) is 9.62 Å². The standard InChI is InChI=1S/C14H17N3O2S/c15-9-11-1-5-14(6-2-11)20(18,19)17-8-7-12-3-4-13(10-17)16-12/h1-2,5-6,12-13,16H,3-4,7-8,10H2. The molecule has 2 heterocycles. The number of hydrogen-bond acceptors (Lipinski definition) is 4. The number of hydrogen-bond donors (Lipinski definition) is 1. The number of rotatable bonds is 2. The van der Waals surface area contributed by atoms with Crippen LogP contribution in [0.2, 0.25) is 0 Å². The fourth-order valence-electron chi connectivity index (χ4n) is 2.98. The van der Waals surface area contributed by atoms with Crippen molar-refractivity contribution in [1.29, 1.82) is 5.26 Å². The van der Waals surface area contributed by atoms with E-state index in [4.69, 9.17) is 5.26 Å². The number of nitrogens with zero attached hydrogens (tertiary/aromatic N) is 2. The van der Waals surface area contributed by atoms with Crippen LogP contribution in [0.15, 0.2) is 29.2 Å². The summed E-state index contributed by atoms with van der Waals surface area (Å²) in [4.78, 5) is 0.272. The maximum Gasteiger partial charge on any atom is 0.243 e. The molecule has 2 aliphatic heterocycles. The molecule has 1 aromatic carbocycles. The van der Waals surface area contributed by atoms with Gasteiger partial charge in [0, 0.05) is 25.2 Å². The zero-order chi connectivity index (χ0) is 14.2. The fourth-order valence-corrected chi connectivity index (χ4v) is 4.48. The molecule has 2 saturated heterocycles. The Morgan fingerprint density at radius 3 is 2.55 bits per heavy atom. The van der Waals surface area contributed by atoms with Crippen molar-refractivity contribution in [2.75, 3.05) is 13.1 Å². The highest BCUT2D eigenvalue weighted by Crippen LogP contribution is 2.25. The van der Waals surface area contributed by atoms with Gasteiger partial charge in [-0.1, -0.05) is 0 Å². The van der Waals surface area contributed by atoms with E-state index in [-0.39, 0.29) is 10.9 Å². The first-order valence-corrected chi connectivity index (χ1v) is 8.30. The fraction of sp³-hybridized carbons (Fsp3) is 0.500. The second kappa shape index (κ2) is 5.17. The van der Waals surface area contributed by atoms with Gasteiger partial charge in [-0.2, -0.15) is 9.57 Å². The molecule has 0 radical (unpaired) electrons. The normalized spacial score (nSPS) is 26.9. The van der Waals surface area contributed by atoms with Crippen molar-refractivity contribution >= 4 is 10.0 Å². The average molecular weight is 291 g/mol. The van der Waals surface area contributed by atoms with Crippen molar-refractivity contribution in [3.8, 4) is 6.07 Å². The number of nitriles is 1. The van der Waals surface area contributed by atoms with E-state index in [1.165, 1.54) is 12.1 Å². The molecule has 2 atom stereocenters. The van der Waals surface area contributed by atoms with E-state index in [9.17, 15) is 8.42 Å². The summed E-state index contributed by atoms with van der Waals surface area (Å²) in [6.45, 7) is 1.11. The first-order chi connectivity index (χ1) is 9.59. The van der Waals surface area contributed by atoms with Gasteiger partial charge >= 0.3 is 0 Å². The maximum atomic E-state index is 12.6. The molecule has 0 aliphatic carbocycles. The average Bonchev–Trinajstić information content (AvgIpc) is 2.77. The summed E-state index contributed by atoms with van der Waals surface area (Å²) in [6, 6.07) is 8.87. The minimum atomic E-state index is -3.45. The highest BCUT2D eigenvalue weighted by atomic mass is 32.2. The third-order valence-corrected chi connectivity index (χ3v) is 5.99. The van der Waals surface area contributed by atoms with Gasteiger partial charge in [0.05, 0.1) is 16.5 Å². The van der Waals surface area contributed by atoms with Gasteiger partial charge < -0.3 is 5.32 Å². The highest BCUT2D eigenvalue weighted by molar-refractivity contribution is 7.89. The van der Waals surface area contributed by atoms with E-state index in [0.717, 1.165) is 19.3 Å². The summed E-state index contributed by atoms with van der Waals surface area (Å²) in [5, 5.41) is 12.2. The molecular formula is C14H17N3O2S. The summed E-state index contributed by atoms with van der Waals surface area (Å²) in [5.41, 5.74) is 0.473. The summed E-state index contributed by atoms with van der Waals surface area (Å²) in [7, 11) is -3.45. The van der Waals surface area contributed by atoms with Gasteiger partial charge in [0.2, 0.25) is 10.0 Å². The smallest absolute Gasteiger partial charge is 0.243 e. The van der Waals surface area contributed by atoms with E-state index >= 15 is 0 Å². The molecule has 2 unspecified atom stereocenters. The van der Waals surface area contributed by atoms with Crippen molar-refractivity contribution in [2.24, 2.45) is 0 Å². The number of sulfonamides is 1. The van der Waals surface area contributed by atoms with Crippen LogP contribution in [0.4, 0.5) is 0 Å². The minimum Gasteiger partial charge on any atom is -0.310 e. The lowest BCUT2D eigenvalue weighted by atomic mass is 10.1. The Balaban J connectivity index is 1.85. The summed E-state index contributed by atoms with van der Waals surface area (Å²) < 4.78 is 26.8. The van der Waals surface area contributed by atoms with Crippen molar-refractivity contribution in [3.63, 3.8) is 0 Å². The van der Waals surface area contributed by atoms with Crippen LogP contribution in [0, 0.1) is 11.3 Å². The van der Waals surface area contributed by atoms with Gasteiger partial charge in [0.15, 0.2) is 0 Å². The molecule has 0 amide bonds. The van der Waals surface area contributed by atoms with E-state index < -0.39 is 10.0 Å². The number of nitrogens with one attached hydrogen (secondary N) is 1. The Morgan fingerprint density at radius 2 is 1.85 bits per heavy atom. The van der Waals surface area contributed by atoms with E-state index in [2.05, 4.69) is 5.32 Å². The molecule has 1 aromatic rings. The molecule has 3 rings (SSSR count). The van der Waals surface area contributed by atoms with Crippen LogP contribution in [0.5, 0.6) is 0 Å². The quantitative estimate of drug-likeness (QED) is 0.884. The van der Waals surface area contributed by atoms with Crippen LogP contribution < -0.4 is 5.32 Å². The largest absolute Gasteiger partial charge is 0.310 e. The molecule has 2 aliphatic rings. The van der Waals surface area contributed by atoms with Crippen LogP contribution in [0.3, 0.4) is 0 Å². The lowest BCUT2D eigenvalue weighted by Crippen LogP contribution is -2.39. The van der Waals surface area contributed by atoms with Gasteiger partial charge in [0.1, 0.15) is 0 Å². The number of fused-ring (bicyclic) bond motifs is 2. The Labute approximate surface area is 119 Å². The van der Waals surface area contributed by atoms with Crippen LogP contribution in [0.25, 0.3) is 0 Å². The Bertz CT molecular complexity index is 633. The summed E-state index contributed by atoms with van der Waals surface area (Å²) in [5.74, 6) is 0. The predicted octanol–water partition coefficient (Wildman–Crippen LogP) is 1.07. The molecule has 0 saturated carbocycles. The van der Waals surface area contributed by atoms with Gasteiger partial charge in [-0.05, 0) is 43.5 Å².